The predicted octanol–water partition coefficient (Wildman–Crippen LogP) is 0.376. The molecular formula is C9H11N5. The van der Waals surface area contributed by atoms with Gasteiger partial charge >= 0.3 is 0 Å². The summed E-state index contributed by atoms with van der Waals surface area (Å²) in [5, 5.41) is 11.5. The van der Waals surface area contributed by atoms with E-state index in [2.05, 4.69) is 20.5 Å². The summed E-state index contributed by atoms with van der Waals surface area (Å²) in [6.07, 6.45) is 7.93. The molecular weight excluding hydrogens is 178 g/mol. The van der Waals surface area contributed by atoms with E-state index in [1.807, 2.05) is 10.6 Å². The van der Waals surface area contributed by atoms with E-state index in [4.69, 9.17) is 0 Å². The fraction of sp³-hybridized carbons (Fsp3) is 0.444. The van der Waals surface area contributed by atoms with Crippen molar-refractivity contribution in [2.24, 2.45) is 0 Å². The maximum Gasteiger partial charge on any atom is 0.179 e. The van der Waals surface area contributed by atoms with Gasteiger partial charge in [0.1, 0.15) is 0 Å². The number of nitrogens with one attached hydrogen (secondary N) is 1. The van der Waals surface area contributed by atoms with Crippen LogP contribution < -0.4 is 5.32 Å². The molecule has 0 radical (unpaired) electrons. The molecule has 0 atom stereocenters. The molecule has 1 aliphatic carbocycles. The first-order valence-corrected chi connectivity index (χ1v) is 4.80. The topological polar surface area (TPSA) is 55.1 Å². The van der Waals surface area contributed by atoms with Crippen LogP contribution in [0.3, 0.4) is 0 Å². The molecule has 5 heteroatoms. The van der Waals surface area contributed by atoms with Crippen LogP contribution in [0.25, 0.3) is 5.65 Å². The van der Waals surface area contributed by atoms with Gasteiger partial charge in [-0.05, 0) is 12.8 Å². The normalized spacial score (nSPS) is 16.3. The zero-order valence-electron chi connectivity index (χ0n) is 7.72. The van der Waals surface area contributed by atoms with E-state index in [1.165, 1.54) is 12.8 Å². The predicted molar refractivity (Wildman–Crippen MR) is 50.6 cm³/mol. The van der Waals surface area contributed by atoms with Gasteiger partial charge in [-0.3, -0.25) is 9.38 Å². The Balaban J connectivity index is 1.87. The third-order valence-electron chi connectivity index (χ3n) is 2.41. The Morgan fingerprint density at radius 1 is 1.43 bits per heavy atom. The molecule has 5 nitrogen and oxygen atoms in total. The highest BCUT2D eigenvalue weighted by Gasteiger charge is 2.20. The van der Waals surface area contributed by atoms with Crippen molar-refractivity contribution < 1.29 is 0 Å². The van der Waals surface area contributed by atoms with Crippen molar-refractivity contribution in [3.05, 3.63) is 24.4 Å². The number of nitrogens with zero attached hydrogens (tertiary/aromatic N) is 4. The van der Waals surface area contributed by atoms with Crippen molar-refractivity contribution >= 4 is 5.65 Å². The number of fused-ring (bicyclic) bond motifs is 1. The first-order valence-electron chi connectivity index (χ1n) is 4.80. The lowest BCUT2D eigenvalue weighted by Gasteiger charge is -1.99. The lowest BCUT2D eigenvalue weighted by molar-refractivity contribution is 0.652. The number of aromatic nitrogens is 4. The van der Waals surface area contributed by atoms with Crippen LogP contribution in [0.5, 0.6) is 0 Å². The Labute approximate surface area is 81.2 Å². The summed E-state index contributed by atoms with van der Waals surface area (Å²) in [5.41, 5.74) is 0.806. The second-order valence-electron chi connectivity index (χ2n) is 3.58. The molecule has 0 spiro atoms. The maximum atomic E-state index is 4.11. The maximum absolute atomic E-state index is 4.11. The van der Waals surface area contributed by atoms with E-state index in [-0.39, 0.29) is 0 Å². The smallest absolute Gasteiger partial charge is 0.179 e. The minimum Gasteiger partial charge on any atom is -0.307 e. The summed E-state index contributed by atoms with van der Waals surface area (Å²) in [7, 11) is 0. The Bertz CT molecular complexity index is 445. The summed E-state index contributed by atoms with van der Waals surface area (Å²) in [6, 6.07) is 0.698. The van der Waals surface area contributed by atoms with Crippen molar-refractivity contribution in [2.75, 3.05) is 0 Å². The standard InChI is InChI=1S/C9H11N5/c1-2-7(1)11-6-9-13-12-8-5-10-3-4-14(8)9/h3-5,7,11H,1-2,6H2. The van der Waals surface area contributed by atoms with Crippen LogP contribution in [0.2, 0.25) is 0 Å². The van der Waals surface area contributed by atoms with Crippen molar-refractivity contribution in [3.63, 3.8) is 0 Å². The monoisotopic (exact) mass is 189 g/mol. The Kier molecular flexibility index (Phi) is 1.70. The molecule has 2 aromatic heterocycles. The zero-order chi connectivity index (χ0) is 9.38. The molecule has 1 aliphatic rings. The molecule has 1 fully saturated rings. The van der Waals surface area contributed by atoms with Crippen LogP contribution in [0.4, 0.5) is 0 Å². The van der Waals surface area contributed by atoms with Crippen molar-refractivity contribution in [3.8, 4) is 0 Å². The quantitative estimate of drug-likeness (QED) is 0.758. The lowest BCUT2D eigenvalue weighted by Crippen LogP contribution is -2.17. The molecule has 0 bridgehead atoms. The summed E-state index contributed by atoms with van der Waals surface area (Å²) in [6.45, 7) is 0.788. The molecule has 0 amide bonds. The molecule has 0 aromatic carbocycles. The van der Waals surface area contributed by atoms with E-state index in [1.54, 1.807) is 12.4 Å². The van der Waals surface area contributed by atoms with Crippen LogP contribution in [0, 0.1) is 0 Å². The van der Waals surface area contributed by atoms with Gasteiger partial charge in [0.2, 0.25) is 0 Å². The van der Waals surface area contributed by atoms with Gasteiger partial charge in [-0.15, -0.1) is 10.2 Å². The first kappa shape index (κ1) is 7.87. The highest BCUT2D eigenvalue weighted by Crippen LogP contribution is 2.18. The Morgan fingerprint density at radius 2 is 2.36 bits per heavy atom. The van der Waals surface area contributed by atoms with Crippen molar-refractivity contribution in [1.82, 2.24) is 24.9 Å². The SMILES string of the molecule is c1cn2c(CNC3CC3)nnc2cn1. The Hall–Kier alpha value is -1.49. The van der Waals surface area contributed by atoms with Crippen molar-refractivity contribution in [2.45, 2.75) is 25.4 Å². The zero-order valence-corrected chi connectivity index (χ0v) is 7.72. The molecule has 0 unspecified atom stereocenters. The molecule has 3 rings (SSSR count). The Morgan fingerprint density at radius 3 is 3.21 bits per heavy atom. The van der Waals surface area contributed by atoms with Crippen LogP contribution in [0.1, 0.15) is 18.7 Å². The molecule has 72 valence electrons. The van der Waals surface area contributed by atoms with Gasteiger partial charge in [-0.2, -0.15) is 0 Å². The van der Waals surface area contributed by atoms with Gasteiger partial charge in [0.05, 0.1) is 12.7 Å². The van der Waals surface area contributed by atoms with E-state index >= 15 is 0 Å². The van der Waals surface area contributed by atoms with E-state index in [0.717, 1.165) is 18.0 Å². The first-order chi connectivity index (χ1) is 6.93. The summed E-state index contributed by atoms with van der Waals surface area (Å²) in [5.74, 6) is 0.953. The second-order valence-corrected chi connectivity index (χ2v) is 3.58. The molecule has 1 saturated carbocycles. The fourth-order valence-corrected chi connectivity index (χ4v) is 1.45. The largest absolute Gasteiger partial charge is 0.307 e. The van der Waals surface area contributed by atoms with Crippen LogP contribution in [-0.4, -0.2) is 25.6 Å². The van der Waals surface area contributed by atoms with E-state index in [9.17, 15) is 0 Å². The van der Waals surface area contributed by atoms with Gasteiger partial charge in [0, 0.05) is 18.4 Å². The van der Waals surface area contributed by atoms with Gasteiger partial charge in [-0.25, -0.2) is 0 Å². The highest BCUT2D eigenvalue weighted by molar-refractivity contribution is 5.33. The molecule has 0 aliphatic heterocycles. The minimum absolute atomic E-state index is 0.698. The van der Waals surface area contributed by atoms with Crippen LogP contribution >= 0.6 is 0 Å². The molecule has 0 saturated heterocycles. The average molecular weight is 189 g/mol. The average Bonchev–Trinajstić information content (AvgIpc) is 2.96. The summed E-state index contributed by atoms with van der Waals surface area (Å²) < 4.78 is 1.96. The minimum atomic E-state index is 0.698. The third kappa shape index (κ3) is 1.35. The van der Waals surface area contributed by atoms with Crippen LogP contribution in [0.15, 0.2) is 18.6 Å². The third-order valence-corrected chi connectivity index (χ3v) is 2.41. The van der Waals surface area contributed by atoms with E-state index < -0.39 is 0 Å². The molecule has 14 heavy (non-hydrogen) atoms. The molecule has 1 N–H and O–H groups in total. The van der Waals surface area contributed by atoms with Gasteiger partial charge < -0.3 is 5.32 Å². The summed E-state index contributed by atoms with van der Waals surface area (Å²) >= 11 is 0. The number of hydrogen-bond acceptors (Lipinski definition) is 4. The number of hydrogen-bond donors (Lipinski definition) is 1. The van der Waals surface area contributed by atoms with Gasteiger partial charge in [0.15, 0.2) is 11.5 Å². The lowest BCUT2D eigenvalue weighted by atomic mass is 10.5. The van der Waals surface area contributed by atoms with Crippen molar-refractivity contribution in [1.29, 1.82) is 0 Å². The molecule has 2 aromatic rings. The summed E-state index contributed by atoms with van der Waals surface area (Å²) in [4.78, 5) is 3.99. The molecule has 2 heterocycles. The second kappa shape index (κ2) is 3.02. The van der Waals surface area contributed by atoms with Gasteiger partial charge in [-0.1, -0.05) is 0 Å². The highest BCUT2D eigenvalue weighted by atomic mass is 15.3. The van der Waals surface area contributed by atoms with E-state index in [0.29, 0.717) is 6.04 Å². The van der Waals surface area contributed by atoms with Gasteiger partial charge in [0.25, 0.3) is 0 Å². The number of rotatable bonds is 3. The van der Waals surface area contributed by atoms with Crippen LogP contribution in [-0.2, 0) is 6.54 Å². The fourth-order valence-electron chi connectivity index (χ4n) is 1.45.